The molecule has 1 rings (SSSR count). The normalized spacial score (nSPS) is 11.0. The molecule has 0 aliphatic carbocycles. The van der Waals surface area contributed by atoms with Crippen LogP contribution in [0.5, 0.6) is 0 Å². The Morgan fingerprint density at radius 1 is 1.43 bits per heavy atom. The maximum atomic E-state index is 11.9. The highest BCUT2D eigenvalue weighted by molar-refractivity contribution is 7.91. The van der Waals surface area contributed by atoms with E-state index in [2.05, 4.69) is 10.7 Å². The highest BCUT2D eigenvalue weighted by atomic mass is 32.2. The number of nitrogens with two attached hydrogens (primary N) is 1. The largest absolute Gasteiger partial charge is 0.351 e. The molecule has 10 heteroatoms. The van der Waals surface area contributed by atoms with Gasteiger partial charge in [-0.2, -0.15) is 0 Å². The molecule has 0 heterocycles. The molecule has 0 unspecified atom stereocenters. The van der Waals surface area contributed by atoms with Gasteiger partial charge in [0.15, 0.2) is 9.84 Å². The number of sulfone groups is 1. The van der Waals surface area contributed by atoms with Crippen molar-refractivity contribution < 1.29 is 18.1 Å². The van der Waals surface area contributed by atoms with Gasteiger partial charge in [-0.1, -0.05) is 13.0 Å². The van der Waals surface area contributed by atoms with Crippen molar-refractivity contribution in [3.05, 3.63) is 33.9 Å². The number of anilines is 1. The number of nitro benzene ring substituents is 1. The Morgan fingerprint density at radius 3 is 2.62 bits per heavy atom. The molecule has 116 valence electrons. The Morgan fingerprint density at radius 2 is 2.10 bits per heavy atom. The molecular weight excluding hydrogens is 300 g/mol. The molecule has 0 atom stereocenters. The summed E-state index contributed by atoms with van der Waals surface area (Å²) in [5.41, 5.74) is 1.63. The monoisotopic (exact) mass is 316 g/mol. The van der Waals surface area contributed by atoms with Crippen molar-refractivity contribution in [3.63, 3.8) is 0 Å². The smallest absolute Gasteiger partial charge is 0.294 e. The van der Waals surface area contributed by atoms with Gasteiger partial charge in [0.05, 0.1) is 16.2 Å². The van der Waals surface area contributed by atoms with E-state index in [4.69, 9.17) is 5.84 Å². The fourth-order valence-corrected chi connectivity index (χ4v) is 2.29. The number of hydrogen-bond acceptors (Lipinski definition) is 7. The summed E-state index contributed by atoms with van der Waals surface area (Å²) in [4.78, 5) is 22.1. The molecule has 0 spiro atoms. The third-order valence-electron chi connectivity index (χ3n) is 2.77. The number of benzene rings is 1. The number of rotatable bonds is 7. The number of hydrogen-bond donors (Lipinski definition) is 3. The van der Waals surface area contributed by atoms with E-state index in [1.807, 2.05) is 0 Å². The summed E-state index contributed by atoms with van der Waals surface area (Å²) in [5, 5.41) is 13.2. The lowest BCUT2D eigenvalue weighted by Gasteiger charge is -2.10. The molecule has 0 bridgehead atoms. The Hall–Kier alpha value is -2.20. The van der Waals surface area contributed by atoms with E-state index in [1.54, 1.807) is 0 Å². The zero-order valence-corrected chi connectivity index (χ0v) is 12.1. The number of para-hydroxylation sites is 1. The van der Waals surface area contributed by atoms with Gasteiger partial charge in [-0.3, -0.25) is 20.8 Å². The van der Waals surface area contributed by atoms with Gasteiger partial charge in [-0.25, -0.2) is 8.42 Å². The molecule has 0 aliphatic rings. The minimum Gasteiger partial charge on any atom is -0.351 e. The highest BCUT2D eigenvalue weighted by Gasteiger charge is 2.21. The molecule has 0 saturated carbocycles. The second-order valence-corrected chi connectivity index (χ2v) is 6.57. The summed E-state index contributed by atoms with van der Waals surface area (Å²) >= 11 is 0. The summed E-state index contributed by atoms with van der Waals surface area (Å²) in [6, 6.07) is 3.90. The third-order valence-corrected chi connectivity index (χ3v) is 4.47. The quantitative estimate of drug-likeness (QED) is 0.366. The van der Waals surface area contributed by atoms with Crippen molar-refractivity contribution in [1.29, 1.82) is 0 Å². The predicted octanol–water partition coefficient (Wildman–Crippen LogP) is 0.0449. The molecule has 0 radical (unpaired) electrons. The summed E-state index contributed by atoms with van der Waals surface area (Å²) in [5.74, 6) is 4.36. The summed E-state index contributed by atoms with van der Waals surface area (Å²) in [6.45, 7) is 1.43. The lowest BCUT2D eigenvalue weighted by atomic mass is 10.1. The van der Waals surface area contributed by atoms with Gasteiger partial charge in [-0.15, -0.1) is 0 Å². The standard InChI is InChI=1S/C11H16N4O5S/c1-2-21(19,20)7-6-13-11(16)8-4-3-5-9(15(17)18)10(8)14-12/h3-5,14H,2,6-7,12H2,1H3,(H,13,16). The first-order valence-corrected chi connectivity index (χ1v) is 7.87. The van der Waals surface area contributed by atoms with Crippen molar-refractivity contribution >= 4 is 27.1 Å². The molecule has 0 saturated heterocycles. The first-order chi connectivity index (χ1) is 9.82. The molecule has 0 fully saturated rings. The number of nitrogens with zero attached hydrogens (tertiary/aromatic N) is 1. The lowest BCUT2D eigenvalue weighted by Crippen LogP contribution is -2.30. The predicted molar refractivity (Wildman–Crippen MR) is 77.6 cm³/mol. The Balaban J connectivity index is 2.88. The maximum absolute atomic E-state index is 11.9. The topological polar surface area (TPSA) is 144 Å². The van der Waals surface area contributed by atoms with Gasteiger partial charge >= 0.3 is 0 Å². The zero-order valence-electron chi connectivity index (χ0n) is 11.3. The van der Waals surface area contributed by atoms with Crippen LogP contribution < -0.4 is 16.6 Å². The molecule has 0 aromatic heterocycles. The fourth-order valence-electron chi connectivity index (χ4n) is 1.59. The molecule has 1 amide bonds. The van der Waals surface area contributed by atoms with Crippen molar-refractivity contribution in [3.8, 4) is 0 Å². The zero-order chi connectivity index (χ0) is 16.0. The fraction of sp³-hybridized carbons (Fsp3) is 0.364. The van der Waals surface area contributed by atoms with E-state index < -0.39 is 20.7 Å². The number of nitro groups is 1. The minimum absolute atomic E-state index is 0.0186. The average molecular weight is 316 g/mol. The van der Waals surface area contributed by atoms with Crippen LogP contribution in [0.2, 0.25) is 0 Å². The SMILES string of the molecule is CCS(=O)(=O)CCNC(=O)c1cccc([N+](=O)[O-])c1NN. The Labute approximate surface area is 121 Å². The van der Waals surface area contributed by atoms with E-state index in [0.29, 0.717) is 0 Å². The number of carbonyl (C=O) groups excluding carboxylic acids is 1. The first kappa shape index (κ1) is 16.9. The van der Waals surface area contributed by atoms with Crippen molar-refractivity contribution in [2.75, 3.05) is 23.5 Å². The summed E-state index contributed by atoms with van der Waals surface area (Å²) in [7, 11) is -3.20. The molecule has 0 aliphatic heterocycles. The van der Waals surface area contributed by atoms with E-state index in [-0.39, 0.29) is 35.0 Å². The molecular formula is C11H16N4O5S. The lowest BCUT2D eigenvalue weighted by molar-refractivity contribution is -0.384. The van der Waals surface area contributed by atoms with Gasteiger partial charge < -0.3 is 10.7 Å². The van der Waals surface area contributed by atoms with Crippen LogP contribution in [-0.4, -0.2) is 37.3 Å². The third kappa shape index (κ3) is 4.39. The van der Waals surface area contributed by atoms with E-state index in [9.17, 15) is 23.3 Å². The summed E-state index contributed by atoms with van der Waals surface area (Å²) in [6.07, 6.45) is 0. The summed E-state index contributed by atoms with van der Waals surface area (Å²) < 4.78 is 22.6. The Bertz CT molecular complexity index is 644. The average Bonchev–Trinajstić information content (AvgIpc) is 2.45. The van der Waals surface area contributed by atoms with Crippen LogP contribution >= 0.6 is 0 Å². The second-order valence-electron chi connectivity index (χ2n) is 4.09. The molecule has 9 nitrogen and oxygen atoms in total. The number of nitrogen functional groups attached to an aromatic ring is 1. The van der Waals surface area contributed by atoms with Gasteiger partial charge in [0.2, 0.25) is 0 Å². The van der Waals surface area contributed by atoms with E-state index >= 15 is 0 Å². The Kier molecular flexibility index (Phi) is 5.61. The van der Waals surface area contributed by atoms with Crippen LogP contribution in [0, 0.1) is 10.1 Å². The van der Waals surface area contributed by atoms with Gasteiger partial charge in [-0.05, 0) is 6.07 Å². The van der Waals surface area contributed by atoms with Crippen LogP contribution in [0.25, 0.3) is 0 Å². The van der Waals surface area contributed by atoms with Crippen LogP contribution in [0.1, 0.15) is 17.3 Å². The van der Waals surface area contributed by atoms with E-state index in [0.717, 1.165) is 0 Å². The van der Waals surface area contributed by atoms with Crippen molar-refractivity contribution in [1.82, 2.24) is 5.32 Å². The maximum Gasteiger partial charge on any atom is 0.294 e. The number of amides is 1. The number of carbonyl (C=O) groups is 1. The molecule has 1 aromatic carbocycles. The van der Waals surface area contributed by atoms with Crippen LogP contribution in [0.15, 0.2) is 18.2 Å². The second kappa shape index (κ2) is 6.99. The van der Waals surface area contributed by atoms with Gasteiger partial charge in [0.1, 0.15) is 5.69 Å². The van der Waals surface area contributed by atoms with E-state index in [1.165, 1.54) is 25.1 Å². The molecule has 4 N–H and O–H groups in total. The first-order valence-electron chi connectivity index (χ1n) is 6.05. The van der Waals surface area contributed by atoms with Crippen LogP contribution in [0.4, 0.5) is 11.4 Å². The van der Waals surface area contributed by atoms with Gasteiger partial charge in [0, 0.05) is 18.4 Å². The van der Waals surface area contributed by atoms with Crippen LogP contribution in [-0.2, 0) is 9.84 Å². The number of nitrogens with one attached hydrogen (secondary N) is 2. The minimum atomic E-state index is -3.20. The highest BCUT2D eigenvalue weighted by Crippen LogP contribution is 2.27. The van der Waals surface area contributed by atoms with Crippen molar-refractivity contribution in [2.24, 2.45) is 5.84 Å². The molecule has 1 aromatic rings. The van der Waals surface area contributed by atoms with Crippen LogP contribution in [0.3, 0.4) is 0 Å². The van der Waals surface area contributed by atoms with Crippen molar-refractivity contribution in [2.45, 2.75) is 6.92 Å². The van der Waals surface area contributed by atoms with Gasteiger partial charge in [0.25, 0.3) is 11.6 Å². The number of hydrazine groups is 1. The molecule has 21 heavy (non-hydrogen) atoms.